The second-order valence-electron chi connectivity index (χ2n) is 5.18. The average Bonchev–Trinajstić information content (AvgIpc) is 2.46. The second-order valence-corrected chi connectivity index (χ2v) is 6.03. The van der Waals surface area contributed by atoms with Gasteiger partial charge in [0.25, 0.3) is 0 Å². The molecule has 0 bridgehead atoms. The Bertz CT molecular complexity index is 357. The highest BCUT2D eigenvalue weighted by atomic mass is 79.9. The third-order valence-corrected chi connectivity index (χ3v) is 4.14. The van der Waals surface area contributed by atoms with Gasteiger partial charge in [-0.15, -0.1) is 0 Å². The molecular formula is C17H28BrNO. The van der Waals surface area contributed by atoms with Crippen molar-refractivity contribution < 1.29 is 4.74 Å². The molecule has 0 aliphatic rings. The summed E-state index contributed by atoms with van der Waals surface area (Å²) < 4.78 is 6.93. The predicted molar refractivity (Wildman–Crippen MR) is 90.4 cm³/mol. The first-order valence-electron chi connectivity index (χ1n) is 7.82. The molecule has 3 heteroatoms. The zero-order valence-electron chi connectivity index (χ0n) is 12.8. The van der Waals surface area contributed by atoms with Gasteiger partial charge in [-0.3, -0.25) is 0 Å². The molecule has 1 N–H and O–H groups in total. The lowest BCUT2D eigenvalue weighted by Crippen LogP contribution is -2.23. The summed E-state index contributed by atoms with van der Waals surface area (Å²) in [7, 11) is 0. The Balaban J connectivity index is 2.49. The summed E-state index contributed by atoms with van der Waals surface area (Å²) in [5, 5.41) is 3.54. The third-order valence-electron chi connectivity index (χ3n) is 3.42. The molecule has 1 aromatic carbocycles. The van der Waals surface area contributed by atoms with E-state index in [9.17, 15) is 0 Å². The molecule has 0 fully saturated rings. The lowest BCUT2D eigenvalue weighted by molar-refractivity contribution is 0.124. The minimum Gasteiger partial charge on any atom is -0.381 e. The number of unbranched alkanes of at least 4 members (excludes halogenated alkanes) is 1. The molecule has 0 radical (unpaired) electrons. The summed E-state index contributed by atoms with van der Waals surface area (Å²) in [4.78, 5) is 0. The number of halogens is 1. The van der Waals surface area contributed by atoms with Crippen molar-refractivity contribution in [1.82, 2.24) is 5.32 Å². The van der Waals surface area contributed by atoms with Crippen LogP contribution >= 0.6 is 15.9 Å². The van der Waals surface area contributed by atoms with Crippen LogP contribution in [-0.2, 0) is 4.74 Å². The molecule has 1 aromatic rings. The first kappa shape index (κ1) is 17.7. The minimum atomic E-state index is 0.513. The Labute approximate surface area is 132 Å². The molecule has 0 aromatic heterocycles. The molecule has 20 heavy (non-hydrogen) atoms. The SMILES string of the molecule is CCCCOCCC(CNCCC)c1ccccc1Br. The molecule has 1 rings (SSSR count). The number of rotatable bonds is 11. The van der Waals surface area contributed by atoms with Crippen LogP contribution in [0, 0.1) is 0 Å². The third kappa shape index (κ3) is 6.87. The van der Waals surface area contributed by atoms with Crippen LogP contribution in [0.25, 0.3) is 0 Å². The number of hydrogen-bond donors (Lipinski definition) is 1. The maximum Gasteiger partial charge on any atom is 0.0472 e. The molecule has 2 nitrogen and oxygen atoms in total. The predicted octanol–water partition coefficient (Wildman–Crippen LogP) is 4.74. The topological polar surface area (TPSA) is 21.3 Å². The first-order chi connectivity index (χ1) is 9.79. The monoisotopic (exact) mass is 341 g/mol. The lowest BCUT2D eigenvalue weighted by atomic mass is 9.96. The average molecular weight is 342 g/mol. The van der Waals surface area contributed by atoms with E-state index < -0.39 is 0 Å². The van der Waals surface area contributed by atoms with Crippen LogP contribution in [0.5, 0.6) is 0 Å². The van der Waals surface area contributed by atoms with Crippen LogP contribution in [0.2, 0.25) is 0 Å². The molecule has 0 heterocycles. The van der Waals surface area contributed by atoms with Gasteiger partial charge in [-0.05, 0) is 43.4 Å². The van der Waals surface area contributed by atoms with Crippen molar-refractivity contribution in [2.75, 3.05) is 26.3 Å². The molecule has 0 aliphatic carbocycles. The minimum absolute atomic E-state index is 0.513. The van der Waals surface area contributed by atoms with Crippen LogP contribution in [0.15, 0.2) is 28.7 Å². The maximum absolute atomic E-state index is 5.73. The van der Waals surface area contributed by atoms with Crippen molar-refractivity contribution in [2.24, 2.45) is 0 Å². The van der Waals surface area contributed by atoms with Gasteiger partial charge in [0.15, 0.2) is 0 Å². The van der Waals surface area contributed by atoms with Crippen LogP contribution in [0.4, 0.5) is 0 Å². The van der Waals surface area contributed by atoms with E-state index in [4.69, 9.17) is 4.74 Å². The number of benzene rings is 1. The van der Waals surface area contributed by atoms with Crippen LogP contribution in [0.3, 0.4) is 0 Å². The highest BCUT2D eigenvalue weighted by molar-refractivity contribution is 9.10. The summed E-state index contributed by atoms with van der Waals surface area (Å²) in [6, 6.07) is 8.53. The number of hydrogen-bond acceptors (Lipinski definition) is 2. The van der Waals surface area contributed by atoms with E-state index in [0.29, 0.717) is 5.92 Å². The Morgan fingerprint density at radius 3 is 2.65 bits per heavy atom. The van der Waals surface area contributed by atoms with Gasteiger partial charge in [-0.2, -0.15) is 0 Å². The van der Waals surface area contributed by atoms with E-state index in [2.05, 4.69) is 59.4 Å². The van der Waals surface area contributed by atoms with Gasteiger partial charge in [0.05, 0.1) is 0 Å². The van der Waals surface area contributed by atoms with Crippen molar-refractivity contribution >= 4 is 15.9 Å². The Hall–Kier alpha value is -0.380. The summed E-state index contributed by atoms with van der Waals surface area (Å²) >= 11 is 3.67. The van der Waals surface area contributed by atoms with Gasteiger partial charge in [0.1, 0.15) is 0 Å². The van der Waals surface area contributed by atoms with Gasteiger partial charge in [0.2, 0.25) is 0 Å². The fourth-order valence-corrected chi connectivity index (χ4v) is 2.81. The van der Waals surface area contributed by atoms with Crippen molar-refractivity contribution in [3.8, 4) is 0 Å². The molecule has 1 atom stereocenters. The first-order valence-corrected chi connectivity index (χ1v) is 8.61. The Morgan fingerprint density at radius 1 is 1.15 bits per heavy atom. The number of ether oxygens (including phenoxy) is 1. The van der Waals surface area contributed by atoms with E-state index in [1.165, 1.54) is 22.9 Å². The molecular weight excluding hydrogens is 314 g/mol. The summed E-state index contributed by atoms with van der Waals surface area (Å²) in [6.45, 7) is 8.24. The number of nitrogens with one attached hydrogen (secondary N) is 1. The van der Waals surface area contributed by atoms with Crippen molar-refractivity contribution in [1.29, 1.82) is 0 Å². The molecule has 0 spiro atoms. The second kappa shape index (κ2) is 11.3. The van der Waals surface area contributed by atoms with E-state index >= 15 is 0 Å². The van der Waals surface area contributed by atoms with Gasteiger partial charge >= 0.3 is 0 Å². The van der Waals surface area contributed by atoms with Crippen molar-refractivity contribution in [3.63, 3.8) is 0 Å². The van der Waals surface area contributed by atoms with Crippen LogP contribution in [0.1, 0.15) is 51.0 Å². The quantitative estimate of drug-likeness (QED) is 0.587. The molecule has 0 aliphatic heterocycles. The smallest absolute Gasteiger partial charge is 0.0472 e. The van der Waals surface area contributed by atoms with Crippen molar-refractivity contribution in [2.45, 2.75) is 45.4 Å². The molecule has 0 saturated heterocycles. The summed E-state index contributed by atoms with van der Waals surface area (Å²) in [5.74, 6) is 0.513. The Morgan fingerprint density at radius 2 is 1.95 bits per heavy atom. The molecule has 0 saturated carbocycles. The fourth-order valence-electron chi connectivity index (χ4n) is 2.20. The largest absolute Gasteiger partial charge is 0.381 e. The maximum atomic E-state index is 5.73. The summed E-state index contributed by atoms with van der Waals surface area (Å²) in [5.41, 5.74) is 1.38. The lowest BCUT2D eigenvalue weighted by Gasteiger charge is -2.19. The summed E-state index contributed by atoms with van der Waals surface area (Å²) in [6.07, 6.45) is 4.61. The van der Waals surface area contributed by atoms with Gasteiger partial charge in [0, 0.05) is 24.2 Å². The zero-order valence-corrected chi connectivity index (χ0v) is 14.4. The van der Waals surface area contributed by atoms with E-state index in [1.807, 2.05) is 0 Å². The standard InChI is InChI=1S/C17H28BrNO/c1-3-5-12-20-13-10-15(14-19-11-4-2)16-8-6-7-9-17(16)18/h6-9,15,19H,3-5,10-14H2,1-2H3. The van der Waals surface area contributed by atoms with E-state index in [0.717, 1.165) is 39.1 Å². The van der Waals surface area contributed by atoms with Crippen LogP contribution < -0.4 is 5.32 Å². The normalized spacial score (nSPS) is 12.6. The van der Waals surface area contributed by atoms with E-state index in [1.54, 1.807) is 0 Å². The highest BCUT2D eigenvalue weighted by Gasteiger charge is 2.13. The fraction of sp³-hybridized carbons (Fsp3) is 0.647. The highest BCUT2D eigenvalue weighted by Crippen LogP contribution is 2.27. The van der Waals surface area contributed by atoms with Gasteiger partial charge in [-0.25, -0.2) is 0 Å². The van der Waals surface area contributed by atoms with Crippen molar-refractivity contribution in [3.05, 3.63) is 34.3 Å². The molecule has 1 unspecified atom stereocenters. The van der Waals surface area contributed by atoms with Crippen LogP contribution in [-0.4, -0.2) is 26.3 Å². The van der Waals surface area contributed by atoms with E-state index in [-0.39, 0.29) is 0 Å². The van der Waals surface area contributed by atoms with Gasteiger partial charge < -0.3 is 10.1 Å². The molecule has 114 valence electrons. The molecule has 0 amide bonds. The Kier molecular flexibility index (Phi) is 9.98. The zero-order chi connectivity index (χ0) is 14.6. The van der Waals surface area contributed by atoms with Gasteiger partial charge in [-0.1, -0.05) is 54.4 Å².